The molecule has 2 rings (SSSR count). The molecule has 0 amide bonds. The molecule has 0 fully saturated rings. The van der Waals surface area contributed by atoms with Crippen molar-refractivity contribution in [3.8, 4) is 11.3 Å². The fourth-order valence-corrected chi connectivity index (χ4v) is 1.65. The van der Waals surface area contributed by atoms with Crippen LogP contribution in [0.3, 0.4) is 0 Å². The molecule has 0 aliphatic rings. The molecule has 0 aliphatic heterocycles. The number of hydrogen-bond acceptors (Lipinski definition) is 2. The van der Waals surface area contributed by atoms with Crippen LogP contribution in [-0.2, 0) is 5.88 Å². The number of aryl methyl sites for hydroxylation is 1. The second kappa shape index (κ2) is 4.25. The Morgan fingerprint density at radius 2 is 2.20 bits per heavy atom. The first kappa shape index (κ1) is 10.5. The Bertz CT molecular complexity index is 479. The molecule has 0 spiro atoms. The molecular weight excluding hydrogens is 233 g/mol. The van der Waals surface area contributed by atoms with Crippen LogP contribution >= 0.6 is 23.2 Å². The number of rotatable bonds is 2. The minimum absolute atomic E-state index is 0.277. The van der Waals surface area contributed by atoms with Gasteiger partial charge in [-0.3, -0.25) is 0 Å². The third-order valence-electron chi connectivity index (χ3n) is 2.13. The first-order chi connectivity index (χ1) is 7.20. The van der Waals surface area contributed by atoms with E-state index in [4.69, 9.17) is 27.6 Å². The molecule has 15 heavy (non-hydrogen) atoms. The van der Waals surface area contributed by atoms with Gasteiger partial charge >= 0.3 is 0 Å². The number of benzene rings is 1. The maximum atomic E-state index is 5.92. The summed E-state index contributed by atoms with van der Waals surface area (Å²) in [6.45, 7) is 1.99. The molecule has 0 radical (unpaired) electrons. The molecule has 0 aliphatic carbocycles. The number of aromatic nitrogens is 1. The summed E-state index contributed by atoms with van der Waals surface area (Å²) in [7, 11) is 0. The van der Waals surface area contributed by atoms with Crippen LogP contribution in [0.2, 0.25) is 5.02 Å². The van der Waals surface area contributed by atoms with E-state index >= 15 is 0 Å². The van der Waals surface area contributed by atoms with E-state index in [2.05, 4.69) is 4.98 Å². The van der Waals surface area contributed by atoms with E-state index in [1.54, 1.807) is 6.20 Å². The zero-order chi connectivity index (χ0) is 10.8. The maximum Gasteiger partial charge on any atom is 0.209 e. The molecule has 0 N–H and O–H groups in total. The molecule has 0 saturated carbocycles. The van der Waals surface area contributed by atoms with E-state index < -0.39 is 0 Å². The second-order valence-electron chi connectivity index (χ2n) is 3.21. The molecule has 0 saturated heterocycles. The molecule has 1 aromatic heterocycles. The quantitative estimate of drug-likeness (QED) is 0.742. The van der Waals surface area contributed by atoms with Crippen molar-refractivity contribution < 1.29 is 4.42 Å². The minimum Gasteiger partial charge on any atom is -0.439 e. The predicted octanol–water partition coefficient (Wildman–Crippen LogP) is 4.04. The topological polar surface area (TPSA) is 26.0 Å². The van der Waals surface area contributed by atoms with Gasteiger partial charge in [0.2, 0.25) is 5.89 Å². The molecular formula is C11H9Cl2NO. The van der Waals surface area contributed by atoms with Gasteiger partial charge in [-0.15, -0.1) is 11.6 Å². The van der Waals surface area contributed by atoms with Crippen molar-refractivity contribution in [1.82, 2.24) is 4.98 Å². The lowest BCUT2D eigenvalue weighted by molar-refractivity contribution is 0.528. The van der Waals surface area contributed by atoms with Gasteiger partial charge in [-0.2, -0.15) is 0 Å². The van der Waals surface area contributed by atoms with Crippen molar-refractivity contribution in [2.45, 2.75) is 12.8 Å². The van der Waals surface area contributed by atoms with Gasteiger partial charge in [0.05, 0.1) is 12.1 Å². The summed E-state index contributed by atoms with van der Waals surface area (Å²) in [5.74, 6) is 1.50. The van der Waals surface area contributed by atoms with Crippen LogP contribution in [0.4, 0.5) is 0 Å². The van der Waals surface area contributed by atoms with E-state index in [9.17, 15) is 0 Å². The summed E-state index contributed by atoms with van der Waals surface area (Å²) in [5, 5.41) is 0.680. The fourth-order valence-electron chi connectivity index (χ4n) is 1.36. The van der Waals surface area contributed by atoms with Crippen molar-refractivity contribution >= 4 is 23.2 Å². The van der Waals surface area contributed by atoms with Gasteiger partial charge in [-0.25, -0.2) is 4.98 Å². The lowest BCUT2D eigenvalue weighted by Gasteiger charge is -2.01. The minimum atomic E-state index is 0.277. The third kappa shape index (κ3) is 2.16. The van der Waals surface area contributed by atoms with E-state index in [1.165, 1.54) is 0 Å². The Morgan fingerprint density at radius 3 is 2.87 bits per heavy atom. The summed E-state index contributed by atoms with van der Waals surface area (Å²) in [6.07, 6.45) is 1.66. The molecule has 0 atom stereocenters. The Kier molecular flexibility index (Phi) is 2.98. The largest absolute Gasteiger partial charge is 0.439 e. The first-order valence-electron chi connectivity index (χ1n) is 4.48. The van der Waals surface area contributed by atoms with Crippen molar-refractivity contribution in [3.63, 3.8) is 0 Å². The molecule has 2 nitrogen and oxygen atoms in total. The van der Waals surface area contributed by atoms with Gasteiger partial charge in [0.1, 0.15) is 0 Å². The van der Waals surface area contributed by atoms with Crippen molar-refractivity contribution in [1.29, 1.82) is 0 Å². The molecule has 4 heteroatoms. The zero-order valence-electron chi connectivity index (χ0n) is 8.13. The number of nitrogens with zero attached hydrogens (tertiary/aromatic N) is 1. The number of hydrogen-bond donors (Lipinski definition) is 0. The van der Waals surface area contributed by atoms with Gasteiger partial charge < -0.3 is 4.42 Å². The molecule has 0 bridgehead atoms. The highest BCUT2D eigenvalue weighted by molar-refractivity contribution is 6.30. The van der Waals surface area contributed by atoms with E-state index in [-0.39, 0.29) is 5.88 Å². The van der Waals surface area contributed by atoms with E-state index in [0.29, 0.717) is 16.7 Å². The summed E-state index contributed by atoms with van der Waals surface area (Å²) < 4.78 is 5.45. The Hall–Kier alpha value is -0.990. The number of oxazole rings is 1. The smallest absolute Gasteiger partial charge is 0.209 e. The molecule has 2 aromatic rings. The zero-order valence-corrected chi connectivity index (χ0v) is 9.64. The highest BCUT2D eigenvalue weighted by Crippen LogP contribution is 2.27. The number of alkyl halides is 1. The van der Waals surface area contributed by atoms with Gasteiger partial charge in [0.15, 0.2) is 5.76 Å². The summed E-state index contributed by atoms with van der Waals surface area (Å²) >= 11 is 11.5. The molecule has 0 unspecified atom stereocenters. The SMILES string of the molecule is Cc1ccc(Cl)cc1-c1cnc(CCl)o1. The van der Waals surface area contributed by atoms with Crippen LogP contribution in [0.15, 0.2) is 28.8 Å². The normalized spacial score (nSPS) is 10.6. The van der Waals surface area contributed by atoms with Crippen LogP contribution in [0, 0.1) is 6.92 Å². The summed E-state index contributed by atoms with van der Waals surface area (Å²) in [6, 6.07) is 5.65. The van der Waals surface area contributed by atoms with Crippen LogP contribution < -0.4 is 0 Å². The van der Waals surface area contributed by atoms with Crippen LogP contribution in [-0.4, -0.2) is 4.98 Å². The van der Waals surface area contributed by atoms with Gasteiger partial charge in [0, 0.05) is 10.6 Å². The average Bonchev–Trinajstić information content (AvgIpc) is 2.70. The van der Waals surface area contributed by atoms with Crippen molar-refractivity contribution in [3.05, 3.63) is 40.9 Å². The highest BCUT2D eigenvalue weighted by atomic mass is 35.5. The Morgan fingerprint density at radius 1 is 1.40 bits per heavy atom. The van der Waals surface area contributed by atoms with Crippen LogP contribution in [0.25, 0.3) is 11.3 Å². The molecule has 78 valence electrons. The second-order valence-corrected chi connectivity index (χ2v) is 3.91. The average molecular weight is 242 g/mol. The molecule has 1 aromatic carbocycles. The van der Waals surface area contributed by atoms with Crippen molar-refractivity contribution in [2.75, 3.05) is 0 Å². The Labute approximate surface area is 97.8 Å². The maximum absolute atomic E-state index is 5.92. The summed E-state index contributed by atoms with van der Waals surface area (Å²) in [4.78, 5) is 4.04. The predicted molar refractivity (Wildman–Crippen MR) is 61.2 cm³/mol. The van der Waals surface area contributed by atoms with Crippen LogP contribution in [0.1, 0.15) is 11.5 Å². The van der Waals surface area contributed by atoms with E-state index in [0.717, 1.165) is 11.1 Å². The standard InChI is InChI=1S/C11H9Cl2NO/c1-7-2-3-8(13)4-9(7)10-6-14-11(5-12)15-10/h2-4,6H,5H2,1H3. The fraction of sp³-hybridized carbons (Fsp3) is 0.182. The first-order valence-corrected chi connectivity index (χ1v) is 5.39. The molecule has 1 heterocycles. The van der Waals surface area contributed by atoms with Gasteiger partial charge in [0.25, 0.3) is 0 Å². The summed E-state index contributed by atoms with van der Waals surface area (Å²) in [5.41, 5.74) is 2.04. The highest BCUT2D eigenvalue weighted by Gasteiger charge is 2.08. The van der Waals surface area contributed by atoms with E-state index in [1.807, 2.05) is 25.1 Å². The monoisotopic (exact) mass is 241 g/mol. The number of halogens is 2. The lowest BCUT2D eigenvalue weighted by Crippen LogP contribution is -1.80. The van der Waals surface area contributed by atoms with Gasteiger partial charge in [-0.1, -0.05) is 17.7 Å². The lowest BCUT2D eigenvalue weighted by atomic mass is 10.1. The van der Waals surface area contributed by atoms with Crippen LogP contribution in [0.5, 0.6) is 0 Å². The van der Waals surface area contributed by atoms with Gasteiger partial charge in [-0.05, 0) is 24.6 Å². The third-order valence-corrected chi connectivity index (χ3v) is 2.60. The Balaban J connectivity index is 2.48. The van der Waals surface area contributed by atoms with Crippen molar-refractivity contribution in [2.24, 2.45) is 0 Å².